The number of aromatic carboxylic acids is 1. The SMILES string of the molecule is Cn1nc(NCc2ccc(C(=O)O)cc2)c2ncnc(C(=O)NCc3ccc(F)c(Cl)c3)c21. The van der Waals surface area contributed by atoms with E-state index in [4.69, 9.17) is 16.7 Å². The number of carbonyl (C=O) groups is 2. The van der Waals surface area contributed by atoms with E-state index < -0.39 is 17.7 Å². The predicted molar refractivity (Wildman–Crippen MR) is 120 cm³/mol. The second kappa shape index (κ2) is 9.21. The van der Waals surface area contributed by atoms with Crippen molar-refractivity contribution in [2.24, 2.45) is 7.05 Å². The smallest absolute Gasteiger partial charge is 0.335 e. The summed E-state index contributed by atoms with van der Waals surface area (Å²) in [4.78, 5) is 32.2. The zero-order chi connectivity index (χ0) is 23.5. The van der Waals surface area contributed by atoms with Crippen LogP contribution in [-0.4, -0.2) is 36.7 Å². The maximum Gasteiger partial charge on any atom is 0.335 e. The minimum atomic E-state index is -0.990. The van der Waals surface area contributed by atoms with Crippen molar-refractivity contribution in [3.8, 4) is 0 Å². The molecule has 0 bridgehead atoms. The Bertz CT molecular complexity index is 1360. The lowest BCUT2D eigenvalue weighted by Gasteiger charge is -2.07. The second-order valence-corrected chi connectivity index (χ2v) is 7.59. The number of benzene rings is 2. The van der Waals surface area contributed by atoms with Gasteiger partial charge in [0.2, 0.25) is 0 Å². The highest BCUT2D eigenvalue weighted by Gasteiger charge is 2.19. The third-order valence-electron chi connectivity index (χ3n) is 4.93. The maximum atomic E-state index is 13.3. The van der Waals surface area contributed by atoms with E-state index >= 15 is 0 Å². The number of amides is 1. The van der Waals surface area contributed by atoms with E-state index in [1.54, 1.807) is 19.2 Å². The third-order valence-corrected chi connectivity index (χ3v) is 5.22. The molecule has 3 N–H and O–H groups in total. The summed E-state index contributed by atoms with van der Waals surface area (Å²) in [5.74, 6) is -1.51. The van der Waals surface area contributed by atoms with Crippen molar-refractivity contribution in [3.05, 3.63) is 82.0 Å². The molecular weight excluding hydrogens is 451 g/mol. The van der Waals surface area contributed by atoms with Crippen molar-refractivity contribution in [1.29, 1.82) is 0 Å². The van der Waals surface area contributed by atoms with Gasteiger partial charge in [-0.2, -0.15) is 5.10 Å². The van der Waals surface area contributed by atoms with Gasteiger partial charge in [-0.25, -0.2) is 19.2 Å². The molecule has 11 heteroatoms. The molecule has 2 aromatic carbocycles. The van der Waals surface area contributed by atoms with Crippen LogP contribution in [0.25, 0.3) is 11.0 Å². The number of aryl methyl sites for hydroxylation is 1. The van der Waals surface area contributed by atoms with Crippen LogP contribution in [0.4, 0.5) is 10.2 Å². The standard InChI is InChI=1S/C22H18ClFN6O3/c1-30-19-17(20(29-30)25-9-12-2-5-14(6-3-12)22(32)33)27-11-28-18(19)21(31)26-10-13-4-7-16(24)15(23)8-13/h2-8,11H,9-10H2,1H3,(H,25,29)(H,26,31)(H,32,33). The Kier molecular flexibility index (Phi) is 6.18. The monoisotopic (exact) mass is 468 g/mol. The maximum absolute atomic E-state index is 13.3. The molecule has 2 aromatic heterocycles. The first-order chi connectivity index (χ1) is 15.8. The van der Waals surface area contributed by atoms with Gasteiger partial charge in [-0.1, -0.05) is 29.8 Å². The van der Waals surface area contributed by atoms with Crippen molar-refractivity contribution >= 4 is 40.3 Å². The summed E-state index contributed by atoms with van der Waals surface area (Å²) in [6, 6.07) is 10.7. The fourth-order valence-electron chi connectivity index (χ4n) is 3.26. The van der Waals surface area contributed by atoms with Gasteiger partial charge in [-0.05, 0) is 35.4 Å². The van der Waals surface area contributed by atoms with Crippen LogP contribution in [0.15, 0.2) is 48.8 Å². The lowest BCUT2D eigenvalue weighted by Crippen LogP contribution is -2.24. The van der Waals surface area contributed by atoms with Crippen LogP contribution in [0.5, 0.6) is 0 Å². The molecule has 0 aliphatic rings. The van der Waals surface area contributed by atoms with Crippen molar-refractivity contribution < 1.29 is 19.1 Å². The zero-order valence-electron chi connectivity index (χ0n) is 17.3. The lowest BCUT2D eigenvalue weighted by atomic mass is 10.1. The molecule has 0 aliphatic heterocycles. The van der Waals surface area contributed by atoms with Gasteiger partial charge in [0.15, 0.2) is 11.5 Å². The van der Waals surface area contributed by atoms with Gasteiger partial charge < -0.3 is 15.7 Å². The van der Waals surface area contributed by atoms with Crippen LogP contribution in [0.3, 0.4) is 0 Å². The van der Waals surface area contributed by atoms with Crippen molar-refractivity contribution in [3.63, 3.8) is 0 Å². The van der Waals surface area contributed by atoms with Crippen LogP contribution in [-0.2, 0) is 20.1 Å². The second-order valence-electron chi connectivity index (χ2n) is 7.18. The van der Waals surface area contributed by atoms with Crippen LogP contribution >= 0.6 is 11.6 Å². The number of anilines is 1. The summed E-state index contributed by atoms with van der Waals surface area (Å²) < 4.78 is 14.8. The Morgan fingerprint density at radius 3 is 2.52 bits per heavy atom. The number of rotatable bonds is 7. The number of nitrogens with zero attached hydrogens (tertiary/aromatic N) is 4. The van der Waals surface area contributed by atoms with E-state index in [0.717, 1.165) is 5.56 Å². The first-order valence-electron chi connectivity index (χ1n) is 9.79. The highest BCUT2D eigenvalue weighted by Crippen LogP contribution is 2.23. The molecule has 9 nitrogen and oxygen atoms in total. The number of nitrogens with one attached hydrogen (secondary N) is 2. The molecule has 2 heterocycles. The van der Waals surface area contributed by atoms with Crippen molar-refractivity contribution in [2.45, 2.75) is 13.1 Å². The first kappa shape index (κ1) is 22.2. The molecule has 1 amide bonds. The Balaban J connectivity index is 1.51. The van der Waals surface area contributed by atoms with E-state index in [1.165, 1.54) is 41.3 Å². The molecule has 0 aliphatic carbocycles. The number of carbonyl (C=O) groups excluding carboxylic acids is 1. The molecule has 0 unspecified atom stereocenters. The molecule has 0 radical (unpaired) electrons. The van der Waals surface area contributed by atoms with Gasteiger partial charge in [0.25, 0.3) is 5.91 Å². The van der Waals surface area contributed by atoms with Crippen LogP contribution < -0.4 is 10.6 Å². The van der Waals surface area contributed by atoms with Crippen molar-refractivity contribution in [2.75, 3.05) is 5.32 Å². The van der Waals surface area contributed by atoms with Crippen LogP contribution in [0, 0.1) is 5.82 Å². The molecule has 0 saturated heterocycles. The molecular formula is C22H18ClFN6O3. The topological polar surface area (TPSA) is 122 Å². The summed E-state index contributed by atoms with van der Waals surface area (Å²) >= 11 is 5.79. The van der Waals surface area contributed by atoms with Gasteiger partial charge in [0.1, 0.15) is 23.2 Å². The molecule has 0 fully saturated rings. The molecule has 0 saturated carbocycles. The van der Waals surface area contributed by atoms with E-state index in [2.05, 4.69) is 25.7 Å². The average molecular weight is 469 g/mol. The highest BCUT2D eigenvalue weighted by molar-refractivity contribution is 6.30. The minimum absolute atomic E-state index is 0.0221. The Morgan fingerprint density at radius 1 is 1.09 bits per heavy atom. The lowest BCUT2D eigenvalue weighted by molar-refractivity contribution is 0.0696. The van der Waals surface area contributed by atoms with Gasteiger partial charge >= 0.3 is 5.97 Å². The molecule has 0 spiro atoms. The molecule has 4 aromatic rings. The van der Waals surface area contributed by atoms with Gasteiger partial charge in [0, 0.05) is 20.1 Å². The minimum Gasteiger partial charge on any atom is -0.478 e. The fraction of sp³-hybridized carbons (Fsp3) is 0.136. The number of fused-ring (bicyclic) bond motifs is 1. The largest absolute Gasteiger partial charge is 0.478 e. The Hall–Kier alpha value is -4.05. The number of aromatic nitrogens is 4. The predicted octanol–water partition coefficient (Wildman–Crippen LogP) is 3.40. The number of halogens is 2. The van der Waals surface area contributed by atoms with E-state index in [9.17, 15) is 14.0 Å². The van der Waals surface area contributed by atoms with E-state index in [-0.39, 0.29) is 22.8 Å². The molecule has 33 heavy (non-hydrogen) atoms. The highest BCUT2D eigenvalue weighted by atomic mass is 35.5. The molecule has 168 valence electrons. The van der Waals surface area contributed by atoms with E-state index in [0.29, 0.717) is 29.0 Å². The Morgan fingerprint density at radius 2 is 1.82 bits per heavy atom. The normalized spacial score (nSPS) is 10.9. The van der Waals surface area contributed by atoms with E-state index in [1.807, 2.05) is 0 Å². The van der Waals surface area contributed by atoms with Gasteiger partial charge in [0.05, 0.1) is 10.6 Å². The van der Waals surface area contributed by atoms with Gasteiger partial charge in [-0.15, -0.1) is 0 Å². The molecule has 0 atom stereocenters. The van der Waals surface area contributed by atoms with Gasteiger partial charge in [-0.3, -0.25) is 9.48 Å². The van der Waals surface area contributed by atoms with Crippen LogP contribution in [0.1, 0.15) is 32.0 Å². The summed E-state index contributed by atoms with van der Waals surface area (Å²) in [6.45, 7) is 0.516. The number of hydrogen-bond donors (Lipinski definition) is 3. The summed E-state index contributed by atoms with van der Waals surface area (Å²) in [5, 5.41) is 19.3. The fourth-order valence-corrected chi connectivity index (χ4v) is 3.46. The quantitative estimate of drug-likeness (QED) is 0.380. The summed E-state index contributed by atoms with van der Waals surface area (Å²) in [7, 11) is 1.68. The summed E-state index contributed by atoms with van der Waals surface area (Å²) in [5.41, 5.74) is 2.74. The number of carboxylic acids is 1. The molecule has 4 rings (SSSR count). The average Bonchev–Trinajstić information content (AvgIpc) is 3.14. The number of carboxylic acid groups (broad SMARTS) is 1. The Labute approximate surface area is 192 Å². The number of hydrogen-bond acceptors (Lipinski definition) is 6. The third kappa shape index (κ3) is 4.75. The van der Waals surface area contributed by atoms with Crippen LogP contribution in [0.2, 0.25) is 5.02 Å². The zero-order valence-corrected chi connectivity index (χ0v) is 18.1. The van der Waals surface area contributed by atoms with Crippen molar-refractivity contribution in [1.82, 2.24) is 25.1 Å². The summed E-state index contributed by atoms with van der Waals surface area (Å²) in [6.07, 6.45) is 1.28. The first-order valence-corrected chi connectivity index (χ1v) is 10.2.